The van der Waals surface area contributed by atoms with E-state index in [0.29, 0.717) is 0 Å². The number of hydrogen-bond donors (Lipinski definition) is 0. The average Bonchev–Trinajstić information content (AvgIpc) is 4.31. The van der Waals surface area contributed by atoms with Gasteiger partial charge >= 0.3 is 7.12 Å². The molecule has 15 rings (SSSR count). The SMILES string of the molecule is Brc1ccc2oc3cc(-c4ccc5c6ccccc6n(-c6ccccc6)c5c4)ccc3c2c1.Brc1ccc2oc3cc(I)ccc3c2c1.CC1(C)OB(c2ccc3c4ccccc4n(-c4ccccc4)c3c2)OC1(C)C. The van der Waals surface area contributed by atoms with E-state index < -0.39 is 0 Å². The highest BCUT2D eigenvalue weighted by molar-refractivity contribution is 14.1. The molecule has 10 aromatic carbocycles. The zero-order chi connectivity index (χ0) is 51.9. The van der Waals surface area contributed by atoms with Crippen molar-refractivity contribution in [3.05, 3.63) is 231 Å². The van der Waals surface area contributed by atoms with Crippen LogP contribution in [0.2, 0.25) is 0 Å². The Kier molecular flexibility index (Phi) is 12.3. The van der Waals surface area contributed by atoms with E-state index in [-0.39, 0.29) is 18.3 Å². The third-order valence-electron chi connectivity index (χ3n) is 15.1. The Bertz CT molecular complexity index is 4520. The summed E-state index contributed by atoms with van der Waals surface area (Å²) < 4.78 is 32.5. The van der Waals surface area contributed by atoms with Gasteiger partial charge in [-0.15, -0.1) is 0 Å². The molecule has 4 aromatic heterocycles. The Hall–Kier alpha value is -6.93. The molecule has 76 heavy (non-hydrogen) atoms. The summed E-state index contributed by atoms with van der Waals surface area (Å²) in [5.41, 5.74) is 13.5. The maximum atomic E-state index is 6.29. The van der Waals surface area contributed by atoms with Crippen LogP contribution in [0.5, 0.6) is 0 Å². The van der Waals surface area contributed by atoms with Crippen LogP contribution >= 0.6 is 54.5 Å². The van der Waals surface area contributed by atoms with Gasteiger partial charge in [-0.2, -0.15) is 0 Å². The van der Waals surface area contributed by atoms with Gasteiger partial charge in [0.15, 0.2) is 0 Å². The second kappa shape index (κ2) is 19.3. The summed E-state index contributed by atoms with van der Waals surface area (Å²) >= 11 is 9.34. The summed E-state index contributed by atoms with van der Waals surface area (Å²) in [7, 11) is -0.364. The number of rotatable bonds is 4. The van der Waals surface area contributed by atoms with Crippen molar-refractivity contribution in [2.45, 2.75) is 38.9 Å². The molecule has 5 heterocycles. The predicted molar refractivity (Wildman–Crippen MR) is 332 cm³/mol. The third-order valence-corrected chi connectivity index (χ3v) is 16.7. The minimum Gasteiger partial charge on any atom is -0.456 e. The number of fused-ring (bicyclic) bond motifs is 12. The lowest BCUT2D eigenvalue weighted by molar-refractivity contribution is 0.00578. The minimum absolute atomic E-state index is 0.348. The van der Waals surface area contributed by atoms with E-state index in [4.69, 9.17) is 18.1 Å². The molecule has 1 saturated heterocycles. The quantitative estimate of drug-likeness (QED) is 0.130. The van der Waals surface area contributed by atoms with Gasteiger partial charge in [0, 0.05) is 67.0 Å². The average molecular weight is 1230 g/mol. The molecule has 0 bridgehead atoms. The molecule has 0 unspecified atom stereocenters. The first kappa shape index (κ1) is 48.7. The van der Waals surface area contributed by atoms with E-state index in [1.54, 1.807) is 0 Å². The van der Waals surface area contributed by atoms with Crippen LogP contribution in [0.15, 0.2) is 236 Å². The summed E-state index contributed by atoms with van der Waals surface area (Å²) in [5.74, 6) is 0. The molecule has 0 spiro atoms. The number of para-hydroxylation sites is 4. The predicted octanol–water partition coefficient (Wildman–Crippen LogP) is 19.1. The highest BCUT2D eigenvalue weighted by Crippen LogP contribution is 2.40. The molecular weight excluding hydrogens is 1180 g/mol. The van der Waals surface area contributed by atoms with Crippen LogP contribution in [0.3, 0.4) is 0 Å². The summed E-state index contributed by atoms with van der Waals surface area (Å²) in [6.07, 6.45) is 0. The van der Waals surface area contributed by atoms with Crippen molar-refractivity contribution >= 4 is 155 Å². The van der Waals surface area contributed by atoms with Gasteiger partial charge in [0.1, 0.15) is 22.3 Å². The van der Waals surface area contributed by atoms with Crippen molar-refractivity contribution in [2.24, 2.45) is 0 Å². The third kappa shape index (κ3) is 8.64. The van der Waals surface area contributed by atoms with Crippen LogP contribution in [-0.4, -0.2) is 27.5 Å². The summed E-state index contributed by atoms with van der Waals surface area (Å²) in [6.45, 7) is 8.36. The molecule has 0 saturated carbocycles. The second-order valence-electron chi connectivity index (χ2n) is 20.3. The first-order chi connectivity index (χ1) is 36.9. The molecule has 1 aliphatic rings. The maximum absolute atomic E-state index is 6.29. The molecule has 6 nitrogen and oxygen atoms in total. The molecular formula is C66H48BBr2IN2O4. The lowest BCUT2D eigenvalue weighted by Crippen LogP contribution is -2.41. The Morgan fingerprint density at radius 2 is 0.803 bits per heavy atom. The van der Waals surface area contributed by atoms with Gasteiger partial charge in [0.2, 0.25) is 0 Å². The number of aromatic nitrogens is 2. The number of furan rings is 2. The van der Waals surface area contributed by atoms with Crippen LogP contribution in [0.4, 0.5) is 0 Å². The Balaban J connectivity index is 0.000000116. The van der Waals surface area contributed by atoms with Crippen LogP contribution in [0.1, 0.15) is 27.7 Å². The van der Waals surface area contributed by atoms with Crippen LogP contribution in [-0.2, 0) is 9.31 Å². The minimum atomic E-state index is -0.364. The highest BCUT2D eigenvalue weighted by atomic mass is 127. The Morgan fingerprint density at radius 3 is 1.36 bits per heavy atom. The van der Waals surface area contributed by atoms with E-state index in [0.717, 1.165) is 64.1 Å². The van der Waals surface area contributed by atoms with Gasteiger partial charge < -0.3 is 27.3 Å². The number of benzene rings is 10. The molecule has 1 fully saturated rings. The lowest BCUT2D eigenvalue weighted by atomic mass is 9.79. The van der Waals surface area contributed by atoms with Gasteiger partial charge in [-0.25, -0.2) is 0 Å². The summed E-state index contributed by atoms with van der Waals surface area (Å²) in [5, 5.41) is 9.61. The maximum Gasteiger partial charge on any atom is 0.494 e. The number of nitrogens with zero attached hydrogens (tertiary/aromatic N) is 2. The topological polar surface area (TPSA) is 54.6 Å². The van der Waals surface area contributed by atoms with Crippen molar-refractivity contribution in [1.29, 1.82) is 0 Å². The molecule has 0 atom stereocenters. The van der Waals surface area contributed by atoms with Crippen molar-refractivity contribution in [2.75, 3.05) is 0 Å². The largest absolute Gasteiger partial charge is 0.494 e. The standard InChI is InChI=1S/C30H18BrNO.C24H24BNO2.C12H6BrIO/c31-21-12-15-29-26(18-21)25-14-11-20(17-30(25)33-29)19-10-13-24-23-8-4-5-9-27(23)32(28(24)16-19)22-6-2-1-3-7-22;1-23(2)24(3,4)28-25(27-23)17-14-15-20-19-12-8-9-13-21(19)26(22(20)16-17)18-10-6-5-7-11-18;13-7-1-4-11-10(5-7)9-3-2-8(14)6-12(9)15-11/h1-18H;5-16H,1-4H3;1-6H. The zero-order valence-electron chi connectivity index (χ0n) is 42.0. The van der Waals surface area contributed by atoms with E-state index in [1.807, 2.05) is 30.3 Å². The number of hydrogen-bond acceptors (Lipinski definition) is 4. The van der Waals surface area contributed by atoms with Gasteiger partial charge in [-0.1, -0.05) is 135 Å². The van der Waals surface area contributed by atoms with Gasteiger partial charge in [-0.05, 0) is 182 Å². The van der Waals surface area contributed by atoms with Crippen molar-refractivity contribution < 1.29 is 18.1 Å². The molecule has 0 aliphatic carbocycles. The van der Waals surface area contributed by atoms with Gasteiger partial charge in [-0.3, -0.25) is 0 Å². The normalized spacial score (nSPS) is 14.1. The van der Waals surface area contributed by atoms with E-state index >= 15 is 0 Å². The summed E-state index contributed by atoms with van der Waals surface area (Å²) in [4.78, 5) is 0. The van der Waals surface area contributed by atoms with Gasteiger partial charge in [0.05, 0.1) is 33.3 Å². The molecule has 1 aliphatic heterocycles. The molecule has 10 heteroatoms. The number of halogens is 3. The zero-order valence-corrected chi connectivity index (χ0v) is 47.4. The van der Waals surface area contributed by atoms with Crippen molar-refractivity contribution in [3.8, 4) is 22.5 Å². The summed E-state index contributed by atoms with van der Waals surface area (Å²) in [6, 6.07) is 76.5. The highest BCUT2D eigenvalue weighted by Gasteiger charge is 2.51. The van der Waals surface area contributed by atoms with E-state index in [2.05, 4.69) is 279 Å². The molecule has 0 N–H and O–H groups in total. The first-order valence-electron chi connectivity index (χ1n) is 25.3. The van der Waals surface area contributed by atoms with Crippen LogP contribution in [0, 0.1) is 3.57 Å². The van der Waals surface area contributed by atoms with E-state index in [9.17, 15) is 0 Å². The van der Waals surface area contributed by atoms with Crippen molar-refractivity contribution in [1.82, 2.24) is 9.13 Å². The molecule has 0 radical (unpaired) electrons. The second-order valence-corrected chi connectivity index (χ2v) is 23.4. The first-order valence-corrected chi connectivity index (χ1v) is 28.0. The monoisotopic (exact) mass is 1230 g/mol. The molecule has 370 valence electrons. The fraction of sp³-hybridized carbons (Fsp3) is 0.0909. The smallest absolute Gasteiger partial charge is 0.456 e. The van der Waals surface area contributed by atoms with E-state index in [1.165, 1.54) is 63.8 Å². The fourth-order valence-electron chi connectivity index (χ4n) is 10.6. The fourth-order valence-corrected chi connectivity index (χ4v) is 11.8. The van der Waals surface area contributed by atoms with Crippen molar-refractivity contribution in [3.63, 3.8) is 0 Å². The Morgan fingerprint density at radius 1 is 0.368 bits per heavy atom. The molecule has 14 aromatic rings. The van der Waals surface area contributed by atoms with Crippen LogP contribution < -0.4 is 5.46 Å². The molecule has 0 amide bonds. The Labute approximate surface area is 470 Å². The lowest BCUT2D eigenvalue weighted by Gasteiger charge is -2.32. The van der Waals surface area contributed by atoms with Crippen LogP contribution in [0.25, 0.3) is 110 Å². The van der Waals surface area contributed by atoms with Gasteiger partial charge in [0.25, 0.3) is 0 Å².